The van der Waals surface area contributed by atoms with Crippen LogP contribution in [0.1, 0.15) is 27.2 Å². The normalized spacial score (nSPS) is 15.2. The first-order valence-corrected chi connectivity index (χ1v) is 13.7. The number of hydrogen-bond donors (Lipinski definition) is 2. The maximum atomic E-state index is 6.95. The molecule has 1 fully saturated rings. The highest BCUT2D eigenvalue weighted by atomic mass is 32.1. The molecule has 2 N–H and O–H groups in total. The van der Waals surface area contributed by atoms with Crippen molar-refractivity contribution in [1.29, 1.82) is 0 Å². The van der Waals surface area contributed by atoms with E-state index in [1.165, 1.54) is 11.4 Å². The summed E-state index contributed by atoms with van der Waals surface area (Å²) >= 11 is 5.49. The van der Waals surface area contributed by atoms with E-state index in [4.69, 9.17) is 16.7 Å². The van der Waals surface area contributed by atoms with Gasteiger partial charge in [0.25, 0.3) is 0 Å². The lowest BCUT2D eigenvalue weighted by Gasteiger charge is -2.38. The monoisotopic (exact) mass is 506 g/mol. The third-order valence-electron chi connectivity index (χ3n) is 5.86. The first-order valence-electron chi connectivity index (χ1n) is 12.2. The fraction of sp³-hybridized carbons (Fsp3) is 0.321. The third kappa shape index (κ3) is 7.17. The second kappa shape index (κ2) is 11.9. The third-order valence-corrected chi connectivity index (χ3v) is 8.45. The minimum atomic E-state index is -0.990. The van der Waals surface area contributed by atoms with E-state index < -0.39 is 8.45 Å². The summed E-state index contributed by atoms with van der Waals surface area (Å²) in [4.78, 5) is 0. The lowest BCUT2D eigenvalue weighted by molar-refractivity contribution is 0.0979. The van der Waals surface area contributed by atoms with Crippen molar-refractivity contribution in [3.8, 4) is 0 Å². The van der Waals surface area contributed by atoms with Gasteiger partial charge >= 0.3 is 0 Å². The van der Waals surface area contributed by atoms with E-state index in [1.54, 1.807) is 0 Å². The molecule has 1 heterocycles. The fourth-order valence-electron chi connectivity index (χ4n) is 4.38. The van der Waals surface area contributed by atoms with Gasteiger partial charge in [-0.3, -0.25) is 0 Å². The smallest absolute Gasteiger partial charge is 0.249 e. The van der Waals surface area contributed by atoms with Gasteiger partial charge in [-0.1, -0.05) is 61.5 Å². The molecule has 1 atom stereocenters. The van der Waals surface area contributed by atoms with Gasteiger partial charge in [0.15, 0.2) is 5.11 Å². The summed E-state index contributed by atoms with van der Waals surface area (Å²) in [7, 11) is -0.990. The second-order valence-corrected chi connectivity index (χ2v) is 11.6. The standard InChI is InChI=1S/C28H35N4OPS/c1-23(22-29-27(35)30-24-13-7-4-8-14-24)21-28(2,3)33-34-31(25-15-9-5-10-16-25)19-20-32(34)26-17-11-6-12-18-26/h4-18,23H,19-22H2,1-3H3,(H2,29,30,35). The van der Waals surface area contributed by atoms with E-state index in [1.807, 2.05) is 30.3 Å². The highest BCUT2D eigenvalue weighted by Crippen LogP contribution is 2.56. The van der Waals surface area contributed by atoms with Crippen molar-refractivity contribution in [2.75, 3.05) is 34.3 Å². The van der Waals surface area contributed by atoms with Crippen LogP contribution in [0.2, 0.25) is 0 Å². The van der Waals surface area contributed by atoms with Crippen LogP contribution in [0.15, 0.2) is 91.0 Å². The Morgan fingerprint density at radius 1 is 0.886 bits per heavy atom. The first kappa shape index (κ1) is 25.4. The molecular weight excluding hydrogens is 471 g/mol. The van der Waals surface area contributed by atoms with Crippen LogP contribution in [0.4, 0.5) is 17.1 Å². The van der Waals surface area contributed by atoms with Crippen LogP contribution in [0, 0.1) is 5.92 Å². The molecule has 0 bridgehead atoms. The van der Waals surface area contributed by atoms with E-state index in [9.17, 15) is 0 Å². The molecular formula is C28H35N4OPS. The van der Waals surface area contributed by atoms with Gasteiger partial charge in [-0.15, -0.1) is 0 Å². The van der Waals surface area contributed by atoms with Crippen molar-refractivity contribution >= 4 is 42.8 Å². The average molecular weight is 507 g/mol. The van der Waals surface area contributed by atoms with Gasteiger partial charge < -0.3 is 24.5 Å². The van der Waals surface area contributed by atoms with Crippen LogP contribution in [0.5, 0.6) is 0 Å². The van der Waals surface area contributed by atoms with E-state index in [0.29, 0.717) is 11.0 Å². The predicted octanol–water partition coefficient (Wildman–Crippen LogP) is 7.05. The fourth-order valence-corrected chi connectivity index (χ4v) is 6.74. The number of thiocarbonyl (C=S) groups is 1. The quantitative estimate of drug-likeness (QED) is 0.239. The highest BCUT2D eigenvalue weighted by molar-refractivity contribution is 7.80. The number of para-hydroxylation sites is 3. The van der Waals surface area contributed by atoms with Crippen molar-refractivity contribution in [1.82, 2.24) is 5.32 Å². The summed E-state index contributed by atoms with van der Waals surface area (Å²) in [6, 6.07) is 31.2. The number of rotatable bonds is 9. The molecule has 1 unspecified atom stereocenters. The van der Waals surface area contributed by atoms with Gasteiger partial charge in [0.05, 0.1) is 5.60 Å². The highest BCUT2D eigenvalue weighted by Gasteiger charge is 2.39. The summed E-state index contributed by atoms with van der Waals surface area (Å²) in [5.74, 6) is 0.383. The van der Waals surface area contributed by atoms with E-state index in [-0.39, 0.29) is 5.60 Å². The zero-order chi connectivity index (χ0) is 24.7. The molecule has 0 amide bonds. The number of benzene rings is 3. The van der Waals surface area contributed by atoms with Gasteiger partial charge in [-0.2, -0.15) is 0 Å². The molecule has 1 saturated heterocycles. The molecule has 0 spiro atoms. The van der Waals surface area contributed by atoms with Crippen molar-refractivity contribution in [2.24, 2.45) is 5.92 Å². The maximum absolute atomic E-state index is 6.95. The summed E-state index contributed by atoms with van der Waals surface area (Å²) in [5, 5.41) is 7.26. The van der Waals surface area contributed by atoms with Crippen LogP contribution in [-0.4, -0.2) is 30.3 Å². The molecule has 184 valence electrons. The van der Waals surface area contributed by atoms with Gasteiger partial charge in [0, 0.05) is 36.7 Å². The van der Waals surface area contributed by atoms with Crippen LogP contribution in [0.3, 0.4) is 0 Å². The Balaban J connectivity index is 1.39. The average Bonchev–Trinajstić information content (AvgIpc) is 3.27. The number of anilines is 3. The molecule has 3 aromatic carbocycles. The minimum Gasteiger partial charge on any atom is -0.362 e. The number of nitrogens with one attached hydrogen (secondary N) is 2. The predicted molar refractivity (Wildman–Crippen MR) is 154 cm³/mol. The lowest BCUT2D eigenvalue weighted by atomic mass is 9.95. The van der Waals surface area contributed by atoms with Crippen molar-refractivity contribution < 1.29 is 4.52 Å². The molecule has 7 heteroatoms. The summed E-state index contributed by atoms with van der Waals surface area (Å²) in [6.45, 7) is 9.33. The summed E-state index contributed by atoms with van der Waals surface area (Å²) in [6.07, 6.45) is 0.915. The SMILES string of the molecule is CC(CNC(=S)Nc1ccccc1)CC(C)(C)OP1N(c2ccccc2)CCN1c1ccccc1. The minimum absolute atomic E-state index is 0.300. The molecule has 3 aromatic rings. The zero-order valence-electron chi connectivity index (χ0n) is 20.7. The molecule has 1 aliphatic rings. The second-order valence-electron chi connectivity index (χ2n) is 9.53. The van der Waals surface area contributed by atoms with E-state index >= 15 is 0 Å². The van der Waals surface area contributed by atoms with Crippen molar-refractivity contribution in [3.63, 3.8) is 0 Å². The zero-order valence-corrected chi connectivity index (χ0v) is 22.4. The largest absolute Gasteiger partial charge is 0.362 e. The number of hydrogen-bond acceptors (Lipinski definition) is 4. The molecule has 1 aliphatic heterocycles. The van der Waals surface area contributed by atoms with Gasteiger partial charge in [0.2, 0.25) is 8.45 Å². The molecule has 35 heavy (non-hydrogen) atoms. The van der Waals surface area contributed by atoms with Gasteiger partial charge in [-0.25, -0.2) is 0 Å². The van der Waals surface area contributed by atoms with E-state index in [2.05, 4.69) is 101 Å². The van der Waals surface area contributed by atoms with Crippen LogP contribution >= 0.6 is 20.7 Å². The first-order chi connectivity index (χ1) is 16.9. The van der Waals surface area contributed by atoms with Crippen LogP contribution in [-0.2, 0) is 4.52 Å². The van der Waals surface area contributed by atoms with Crippen molar-refractivity contribution in [2.45, 2.75) is 32.8 Å². The van der Waals surface area contributed by atoms with E-state index in [0.717, 1.165) is 31.7 Å². The Kier molecular flexibility index (Phi) is 8.61. The lowest BCUT2D eigenvalue weighted by Crippen LogP contribution is -2.36. The Morgan fingerprint density at radius 2 is 1.37 bits per heavy atom. The molecule has 0 saturated carbocycles. The molecule has 0 radical (unpaired) electrons. The van der Waals surface area contributed by atoms with Crippen molar-refractivity contribution in [3.05, 3.63) is 91.0 Å². The Bertz CT molecular complexity index is 1020. The van der Waals surface area contributed by atoms with Gasteiger partial charge in [0.1, 0.15) is 0 Å². The molecule has 5 nitrogen and oxygen atoms in total. The summed E-state index contributed by atoms with van der Waals surface area (Å²) < 4.78 is 11.8. The number of nitrogens with zero attached hydrogens (tertiary/aromatic N) is 2. The maximum Gasteiger partial charge on any atom is 0.249 e. The Morgan fingerprint density at radius 3 is 1.89 bits per heavy atom. The Labute approximate surface area is 216 Å². The Hall–Kier alpha value is -2.66. The van der Waals surface area contributed by atoms with Gasteiger partial charge in [-0.05, 0) is 74.8 Å². The molecule has 0 aromatic heterocycles. The molecule has 0 aliphatic carbocycles. The van der Waals surface area contributed by atoms with Crippen LogP contribution < -0.4 is 20.0 Å². The van der Waals surface area contributed by atoms with Crippen LogP contribution in [0.25, 0.3) is 0 Å². The molecule has 4 rings (SSSR count). The topological polar surface area (TPSA) is 39.8 Å². The summed E-state index contributed by atoms with van der Waals surface area (Å²) in [5.41, 5.74) is 3.11.